The van der Waals surface area contributed by atoms with Crippen LogP contribution in [0.3, 0.4) is 0 Å². The van der Waals surface area contributed by atoms with E-state index in [4.69, 9.17) is 9.47 Å². The zero-order valence-corrected chi connectivity index (χ0v) is 14.0. The number of hydrogen-bond donors (Lipinski definition) is 2. The van der Waals surface area contributed by atoms with Crippen molar-refractivity contribution in [3.05, 3.63) is 59.7 Å². The summed E-state index contributed by atoms with van der Waals surface area (Å²) in [7, 11) is 0. The van der Waals surface area contributed by atoms with Crippen LogP contribution in [-0.4, -0.2) is 25.0 Å². The summed E-state index contributed by atoms with van der Waals surface area (Å²) < 4.78 is 11.0. The molecule has 0 aliphatic carbocycles. The van der Waals surface area contributed by atoms with Crippen molar-refractivity contribution in [3.8, 4) is 11.5 Å². The molecule has 6 nitrogen and oxygen atoms in total. The lowest BCUT2D eigenvalue weighted by Crippen LogP contribution is -2.48. The number of ether oxygens (including phenoxy) is 2. The van der Waals surface area contributed by atoms with Gasteiger partial charge in [-0.1, -0.05) is 30.3 Å². The molecule has 3 rings (SSSR count). The van der Waals surface area contributed by atoms with Crippen LogP contribution in [0, 0.1) is 12.8 Å². The molecule has 0 saturated carbocycles. The molecule has 6 heteroatoms. The average molecular weight is 340 g/mol. The molecule has 2 amide bonds. The fourth-order valence-electron chi connectivity index (χ4n) is 2.62. The minimum absolute atomic E-state index is 0.173. The first-order valence-corrected chi connectivity index (χ1v) is 8.10. The predicted octanol–water partition coefficient (Wildman–Crippen LogP) is 1.77. The van der Waals surface area contributed by atoms with Gasteiger partial charge in [0.15, 0.2) is 6.61 Å². The van der Waals surface area contributed by atoms with E-state index in [-0.39, 0.29) is 18.4 Å². The number of fused-ring (bicyclic) bond motifs is 1. The van der Waals surface area contributed by atoms with Gasteiger partial charge in [0.1, 0.15) is 18.1 Å². The van der Waals surface area contributed by atoms with E-state index in [0.717, 1.165) is 16.9 Å². The first kappa shape index (κ1) is 16.8. The monoisotopic (exact) mass is 340 g/mol. The van der Waals surface area contributed by atoms with Gasteiger partial charge in [0.2, 0.25) is 5.91 Å². The molecule has 1 atom stereocenters. The molecule has 0 saturated heterocycles. The zero-order chi connectivity index (χ0) is 17.6. The first-order valence-electron chi connectivity index (χ1n) is 8.10. The third kappa shape index (κ3) is 4.50. The molecule has 1 aliphatic heterocycles. The quantitative estimate of drug-likeness (QED) is 0.832. The Morgan fingerprint density at radius 2 is 2.00 bits per heavy atom. The number of para-hydroxylation sites is 1. The van der Waals surface area contributed by atoms with E-state index in [9.17, 15) is 9.59 Å². The van der Waals surface area contributed by atoms with Crippen LogP contribution in [0.4, 0.5) is 0 Å². The lowest BCUT2D eigenvalue weighted by molar-refractivity contribution is -0.132. The molecule has 0 fully saturated rings. The van der Waals surface area contributed by atoms with Gasteiger partial charge in [0, 0.05) is 0 Å². The highest BCUT2D eigenvalue weighted by molar-refractivity contribution is 5.84. The summed E-state index contributed by atoms with van der Waals surface area (Å²) >= 11 is 0. The Morgan fingerprint density at radius 1 is 1.16 bits per heavy atom. The van der Waals surface area contributed by atoms with Crippen molar-refractivity contribution in [3.63, 3.8) is 0 Å². The summed E-state index contributed by atoms with van der Waals surface area (Å²) in [6, 6.07) is 15.0. The van der Waals surface area contributed by atoms with Crippen LogP contribution in [-0.2, 0) is 16.0 Å². The number of nitrogens with one attached hydrogen (secondary N) is 2. The maximum Gasteiger partial charge on any atom is 0.276 e. The van der Waals surface area contributed by atoms with Crippen molar-refractivity contribution in [2.45, 2.75) is 13.3 Å². The van der Waals surface area contributed by atoms with Gasteiger partial charge >= 0.3 is 0 Å². The van der Waals surface area contributed by atoms with E-state index >= 15 is 0 Å². The fourth-order valence-corrected chi connectivity index (χ4v) is 2.62. The minimum Gasteiger partial charge on any atom is -0.492 e. The van der Waals surface area contributed by atoms with Crippen LogP contribution in [0.15, 0.2) is 48.5 Å². The second kappa shape index (κ2) is 7.70. The first-order chi connectivity index (χ1) is 12.1. The van der Waals surface area contributed by atoms with Gasteiger partial charge in [-0.2, -0.15) is 0 Å². The number of benzene rings is 2. The molecule has 0 aromatic heterocycles. The Balaban J connectivity index is 1.44. The van der Waals surface area contributed by atoms with Crippen LogP contribution in [0.5, 0.6) is 11.5 Å². The topological polar surface area (TPSA) is 76.7 Å². The zero-order valence-electron chi connectivity index (χ0n) is 14.0. The molecule has 1 aliphatic rings. The van der Waals surface area contributed by atoms with Crippen molar-refractivity contribution in [2.24, 2.45) is 5.92 Å². The number of rotatable bonds is 4. The predicted molar refractivity (Wildman–Crippen MR) is 92.1 cm³/mol. The molecule has 2 aromatic rings. The molecular weight excluding hydrogens is 320 g/mol. The highest BCUT2D eigenvalue weighted by Gasteiger charge is 2.26. The van der Waals surface area contributed by atoms with E-state index in [1.807, 2.05) is 49.4 Å². The molecule has 2 N–H and O–H groups in total. The number of hydrazine groups is 1. The van der Waals surface area contributed by atoms with Gasteiger partial charge in [0.25, 0.3) is 5.91 Å². The van der Waals surface area contributed by atoms with Crippen LogP contribution < -0.4 is 20.3 Å². The third-order valence-electron chi connectivity index (χ3n) is 3.93. The van der Waals surface area contributed by atoms with Crippen molar-refractivity contribution in [2.75, 3.05) is 13.2 Å². The molecule has 1 heterocycles. The van der Waals surface area contributed by atoms with Crippen LogP contribution in [0.1, 0.15) is 11.1 Å². The smallest absolute Gasteiger partial charge is 0.276 e. The molecule has 0 bridgehead atoms. The number of amides is 2. The molecule has 130 valence electrons. The summed E-state index contributed by atoms with van der Waals surface area (Å²) in [5.41, 5.74) is 6.84. The van der Waals surface area contributed by atoms with Crippen LogP contribution >= 0.6 is 0 Å². The number of hydrogen-bond acceptors (Lipinski definition) is 4. The molecule has 2 aromatic carbocycles. The SMILES string of the molecule is Cc1cccc(OCC(=O)NNC(=O)C2COc3ccccc3C2)c1. The van der Waals surface area contributed by atoms with Gasteiger partial charge in [-0.25, -0.2) is 0 Å². The fraction of sp³-hybridized carbons (Fsp3) is 0.263. The highest BCUT2D eigenvalue weighted by atomic mass is 16.5. The molecule has 25 heavy (non-hydrogen) atoms. The molecular formula is C19H20N2O4. The largest absolute Gasteiger partial charge is 0.492 e. The summed E-state index contributed by atoms with van der Waals surface area (Å²) in [4.78, 5) is 24.0. The van der Waals surface area contributed by atoms with Gasteiger partial charge in [-0.3, -0.25) is 20.4 Å². The minimum atomic E-state index is -0.424. The summed E-state index contributed by atoms with van der Waals surface area (Å²) in [5, 5.41) is 0. The summed E-state index contributed by atoms with van der Waals surface area (Å²) in [6.07, 6.45) is 0.581. The Kier molecular flexibility index (Phi) is 5.18. The lowest BCUT2D eigenvalue weighted by atomic mass is 9.96. The van der Waals surface area contributed by atoms with E-state index in [2.05, 4.69) is 10.9 Å². The Labute approximate surface area is 146 Å². The van der Waals surface area contributed by atoms with Crippen molar-refractivity contribution in [1.82, 2.24) is 10.9 Å². The van der Waals surface area contributed by atoms with Crippen LogP contribution in [0.2, 0.25) is 0 Å². The van der Waals surface area contributed by atoms with E-state index in [1.165, 1.54) is 0 Å². The Hall–Kier alpha value is -3.02. The molecule has 0 spiro atoms. The highest BCUT2D eigenvalue weighted by Crippen LogP contribution is 2.26. The summed E-state index contributed by atoms with van der Waals surface area (Å²) in [5.74, 6) is 0.374. The average Bonchev–Trinajstić information content (AvgIpc) is 2.64. The van der Waals surface area contributed by atoms with Gasteiger partial charge in [-0.15, -0.1) is 0 Å². The van der Waals surface area contributed by atoms with Gasteiger partial charge in [-0.05, 0) is 42.7 Å². The van der Waals surface area contributed by atoms with Crippen molar-refractivity contribution in [1.29, 1.82) is 0 Å². The Bertz CT molecular complexity index is 776. The maximum absolute atomic E-state index is 12.2. The van der Waals surface area contributed by atoms with E-state index < -0.39 is 5.91 Å². The second-order valence-corrected chi connectivity index (χ2v) is 5.96. The van der Waals surface area contributed by atoms with E-state index in [0.29, 0.717) is 18.8 Å². The number of aryl methyl sites for hydroxylation is 1. The van der Waals surface area contributed by atoms with Gasteiger partial charge in [0.05, 0.1) is 5.92 Å². The lowest BCUT2D eigenvalue weighted by Gasteiger charge is -2.24. The second-order valence-electron chi connectivity index (χ2n) is 5.96. The third-order valence-corrected chi connectivity index (χ3v) is 3.93. The number of carbonyl (C=O) groups is 2. The standard InChI is InChI=1S/C19H20N2O4/c1-13-5-4-7-16(9-13)24-12-18(22)20-21-19(23)15-10-14-6-2-3-8-17(14)25-11-15/h2-9,15H,10-12H2,1H3,(H,20,22)(H,21,23). The van der Waals surface area contributed by atoms with Crippen LogP contribution in [0.25, 0.3) is 0 Å². The number of carbonyl (C=O) groups excluding carboxylic acids is 2. The Morgan fingerprint density at radius 3 is 2.84 bits per heavy atom. The molecule has 0 radical (unpaired) electrons. The van der Waals surface area contributed by atoms with Crippen molar-refractivity contribution >= 4 is 11.8 Å². The van der Waals surface area contributed by atoms with Gasteiger partial charge < -0.3 is 9.47 Å². The van der Waals surface area contributed by atoms with Crippen molar-refractivity contribution < 1.29 is 19.1 Å². The molecule has 1 unspecified atom stereocenters. The maximum atomic E-state index is 12.2. The summed E-state index contributed by atoms with van der Waals surface area (Å²) in [6.45, 7) is 2.06. The van der Waals surface area contributed by atoms with E-state index in [1.54, 1.807) is 6.07 Å². The normalized spacial score (nSPS) is 15.5.